The fourth-order valence-electron chi connectivity index (χ4n) is 5.64. The van der Waals surface area contributed by atoms with Gasteiger partial charge in [-0.15, -0.1) is 0 Å². The van der Waals surface area contributed by atoms with Gasteiger partial charge in [-0.3, -0.25) is 23.7 Å². The van der Waals surface area contributed by atoms with E-state index in [1.807, 2.05) is 13.8 Å². The maximum absolute atomic E-state index is 13.3. The lowest BCUT2D eigenvalue weighted by Gasteiger charge is -2.30. The Balaban J connectivity index is 1.53. The molecule has 2 bridgehead atoms. The van der Waals surface area contributed by atoms with Crippen molar-refractivity contribution in [2.45, 2.75) is 83.8 Å². The van der Waals surface area contributed by atoms with Crippen LogP contribution in [0.2, 0.25) is 0 Å². The Morgan fingerprint density at radius 2 is 1.71 bits per heavy atom. The van der Waals surface area contributed by atoms with Crippen LogP contribution in [-0.2, 0) is 20.9 Å². The summed E-state index contributed by atoms with van der Waals surface area (Å²) in [5.41, 5.74) is 1.40. The fraction of sp³-hybridized carbons (Fsp3) is 0.633. The van der Waals surface area contributed by atoms with Gasteiger partial charge in [0.05, 0.1) is 17.1 Å². The van der Waals surface area contributed by atoms with Gasteiger partial charge in [0.1, 0.15) is 6.04 Å². The Morgan fingerprint density at radius 1 is 0.952 bits per heavy atom. The molecule has 2 aliphatic heterocycles. The number of nitrogens with one attached hydrogen (secondary N) is 5. The van der Waals surface area contributed by atoms with Crippen LogP contribution >= 0.6 is 0 Å². The fourth-order valence-corrected chi connectivity index (χ4v) is 5.64. The number of hydrogen-bond acceptors (Lipinski definition) is 6. The highest BCUT2D eigenvalue weighted by Crippen LogP contribution is 2.15. The largest absolute Gasteiger partial charge is 0.354 e. The predicted octanol–water partition coefficient (Wildman–Crippen LogP) is 1.25. The monoisotopic (exact) mass is 583 g/mol. The zero-order valence-corrected chi connectivity index (χ0v) is 24.8. The highest BCUT2D eigenvalue weighted by Gasteiger charge is 2.27. The summed E-state index contributed by atoms with van der Waals surface area (Å²) in [5, 5.41) is 12.1. The lowest BCUT2D eigenvalue weighted by molar-refractivity contribution is -0.134. The molecule has 0 aliphatic carbocycles. The summed E-state index contributed by atoms with van der Waals surface area (Å²) >= 11 is 0. The zero-order chi connectivity index (χ0) is 30.1. The third kappa shape index (κ3) is 7.99. The number of hydrogen-bond donors (Lipinski definition) is 5. The summed E-state index contributed by atoms with van der Waals surface area (Å²) in [6, 6.07) is 4.19. The number of aromatic nitrogens is 2. The number of fused-ring (bicyclic) bond motifs is 1. The van der Waals surface area contributed by atoms with Gasteiger partial charge in [-0.2, -0.15) is 0 Å². The Labute approximate surface area is 246 Å². The van der Waals surface area contributed by atoms with Crippen LogP contribution in [0.1, 0.15) is 75.6 Å². The molecule has 0 spiro atoms. The maximum Gasteiger partial charge on any atom is 0.326 e. The van der Waals surface area contributed by atoms with E-state index in [0.29, 0.717) is 68.6 Å². The van der Waals surface area contributed by atoms with Crippen molar-refractivity contribution in [2.24, 2.45) is 5.92 Å². The number of aromatic amines is 1. The van der Waals surface area contributed by atoms with Gasteiger partial charge in [0.25, 0.3) is 5.91 Å². The van der Waals surface area contributed by atoms with Gasteiger partial charge >= 0.3 is 5.69 Å². The second-order valence-corrected chi connectivity index (χ2v) is 11.4. The number of nitrogens with zero attached hydrogens (tertiary/aromatic N) is 2. The van der Waals surface area contributed by atoms with E-state index >= 15 is 0 Å². The average molecular weight is 584 g/mol. The summed E-state index contributed by atoms with van der Waals surface area (Å²) in [4.78, 5) is 69.5. The first-order valence-electron chi connectivity index (χ1n) is 15.4. The van der Waals surface area contributed by atoms with Gasteiger partial charge in [0, 0.05) is 44.7 Å². The molecule has 0 saturated carbocycles. The van der Waals surface area contributed by atoms with Crippen molar-refractivity contribution >= 4 is 34.7 Å². The Hall–Kier alpha value is -3.67. The van der Waals surface area contributed by atoms with E-state index in [2.05, 4.69) is 26.3 Å². The smallest absolute Gasteiger partial charge is 0.326 e. The summed E-state index contributed by atoms with van der Waals surface area (Å²) < 4.78 is 1.57. The summed E-state index contributed by atoms with van der Waals surface area (Å²) in [6.07, 6.45) is 5.26. The molecule has 42 heavy (non-hydrogen) atoms. The number of carbonyl (C=O) groups excluding carboxylic acids is 4. The second-order valence-electron chi connectivity index (χ2n) is 11.4. The molecular formula is C30H45N7O5. The summed E-state index contributed by atoms with van der Waals surface area (Å²) in [5.74, 6) is -0.778. The molecule has 5 N–H and O–H groups in total. The van der Waals surface area contributed by atoms with E-state index in [1.54, 1.807) is 27.7 Å². The Kier molecular flexibility index (Phi) is 11.2. The van der Waals surface area contributed by atoms with E-state index in [9.17, 15) is 24.0 Å². The number of rotatable bonds is 3. The Morgan fingerprint density at radius 3 is 2.48 bits per heavy atom. The highest BCUT2D eigenvalue weighted by atomic mass is 16.2. The molecule has 3 atom stereocenters. The molecule has 1 fully saturated rings. The van der Waals surface area contributed by atoms with Crippen LogP contribution in [0.4, 0.5) is 0 Å². The van der Waals surface area contributed by atoms with E-state index in [1.165, 1.54) is 0 Å². The lowest BCUT2D eigenvalue weighted by Crippen LogP contribution is -2.51. The van der Waals surface area contributed by atoms with Gasteiger partial charge in [-0.1, -0.05) is 26.7 Å². The quantitative estimate of drug-likeness (QED) is 0.366. The highest BCUT2D eigenvalue weighted by molar-refractivity contribution is 5.97. The summed E-state index contributed by atoms with van der Waals surface area (Å²) in [6.45, 7) is 6.64. The van der Waals surface area contributed by atoms with Crippen LogP contribution in [-0.4, -0.2) is 82.9 Å². The molecule has 12 nitrogen and oxygen atoms in total. The van der Waals surface area contributed by atoms with Crippen molar-refractivity contribution in [1.29, 1.82) is 0 Å². The van der Waals surface area contributed by atoms with E-state index in [0.717, 1.165) is 32.2 Å². The topological polar surface area (TPSA) is 157 Å². The average Bonchev–Trinajstić information content (AvgIpc) is 3.32. The van der Waals surface area contributed by atoms with Crippen LogP contribution in [0.15, 0.2) is 23.0 Å². The molecule has 1 saturated heterocycles. The molecule has 4 rings (SSSR count). The summed E-state index contributed by atoms with van der Waals surface area (Å²) in [7, 11) is 0. The molecule has 1 aromatic heterocycles. The standard InChI is InChI=1S/C30H45N7O5/c1-3-20(2)26-28(40)33-15-8-18-37-24-19-21(11-12-22(24)34-30(37)42)27(39)32-14-7-17-36(16-6-10-25(38)35-26)29(41)23-9-4-5-13-31-23/h11-12,19-20,23,26,31H,3-10,13-18H2,1-2H3,(H,32,39)(H,33,40)(H,34,42)(H,35,38)/t20-,23+,26-/m0/s1. The van der Waals surface area contributed by atoms with Crippen LogP contribution in [0.3, 0.4) is 0 Å². The minimum Gasteiger partial charge on any atom is -0.354 e. The second kappa shape index (κ2) is 15.0. The van der Waals surface area contributed by atoms with Crippen molar-refractivity contribution in [3.8, 4) is 0 Å². The maximum atomic E-state index is 13.3. The predicted molar refractivity (Wildman–Crippen MR) is 160 cm³/mol. The van der Waals surface area contributed by atoms with Gasteiger partial charge in [-0.05, 0) is 62.8 Å². The number of piperidine rings is 1. The van der Waals surface area contributed by atoms with Crippen LogP contribution < -0.4 is 27.0 Å². The third-order valence-electron chi connectivity index (χ3n) is 8.35. The van der Waals surface area contributed by atoms with Gasteiger partial charge in [0.2, 0.25) is 17.7 Å². The molecule has 1 aromatic carbocycles. The molecule has 2 aromatic rings. The molecule has 2 aliphatic rings. The van der Waals surface area contributed by atoms with Crippen molar-refractivity contribution in [3.63, 3.8) is 0 Å². The number of benzene rings is 1. The van der Waals surface area contributed by atoms with Crippen molar-refractivity contribution in [1.82, 2.24) is 35.7 Å². The molecule has 3 heterocycles. The van der Waals surface area contributed by atoms with Crippen LogP contribution in [0, 0.1) is 5.92 Å². The van der Waals surface area contributed by atoms with E-state index in [-0.39, 0.29) is 47.7 Å². The van der Waals surface area contributed by atoms with Crippen molar-refractivity contribution in [2.75, 3.05) is 32.7 Å². The molecule has 12 heteroatoms. The number of aryl methyl sites for hydroxylation is 1. The van der Waals surface area contributed by atoms with E-state index < -0.39 is 6.04 Å². The lowest BCUT2D eigenvalue weighted by atomic mass is 9.98. The molecule has 4 amide bonds. The minimum atomic E-state index is -0.670. The SMILES string of the molecule is CC[C@H](C)[C@@H]1NC(=O)CCCN(C(=O)[C@H]2CCCCN2)CCCNC(=O)c2ccc3[nH]c(=O)n(c3c2)CCCNC1=O. The first kappa shape index (κ1) is 31.3. The van der Waals surface area contributed by atoms with Gasteiger partial charge < -0.3 is 31.2 Å². The third-order valence-corrected chi connectivity index (χ3v) is 8.35. The first-order chi connectivity index (χ1) is 20.3. The van der Waals surface area contributed by atoms with Crippen LogP contribution in [0.25, 0.3) is 11.0 Å². The minimum absolute atomic E-state index is 0.0209. The zero-order valence-electron chi connectivity index (χ0n) is 24.8. The van der Waals surface area contributed by atoms with Crippen molar-refractivity contribution in [3.05, 3.63) is 34.2 Å². The van der Waals surface area contributed by atoms with Crippen molar-refractivity contribution < 1.29 is 19.2 Å². The number of amides is 4. The molecule has 230 valence electrons. The Bertz CT molecular complexity index is 1310. The normalized spacial score (nSPS) is 23.0. The van der Waals surface area contributed by atoms with E-state index in [4.69, 9.17) is 0 Å². The molecular weight excluding hydrogens is 538 g/mol. The van der Waals surface area contributed by atoms with Crippen LogP contribution in [0.5, 0.6) is 0 Å². The van der Waals surface area contributed by atoms with Gasteiger partial charge in [-0.25, -0.2) is 4.79 Å². The first-order valence-corrected chi connectivity index (χ1v) is 15.4. The number of H-pyrrole nitrogens is 1. The number of imidazole rings is 1. The van der Waals surface area contributed by atoms with Gasteiger partial charge in [0.15, 0.2) is 0 Å². The molecule has 0 radical (unpaired) electrons. The number of carbonyl (C=O) groups is 4. The molecule has 0 unspecified atom stereocenters.